The maximum atomic E-state index is 10.8. The van der Waals surface area contributed by atoms with Crippen molar-refractivity contribution in [3.63, 3.8) is 0 Å². The number of ether oxygens (including phenoxy) is 1. The fraction of sp³-hybridized carbons (Fsp3) is 0.556. The molecule has 0 aromatic heterocycles. The smallest absolute Gasteiger partial charge is 0.310 e. The van der Waals surface area contributed by atoms with Gasteiger partial charge in [0.2, 0.25) is 0 Å². The van der Waals surface area contributed by atoms with Crippen molar-refractivity contribution < 1.29 is 14.3 Å². The first-order valence-corrected chi connectivity index (χ1v) is 3.88. The largest absolute Gasteiger partial charge is 0.431 e. The summed E-state index contributed by atoms with van der Waals surface area (Å²) in [5.41, 5.74) is 0.497. The molecule has 0 unspecified atom stereocenters. The number of carbonyl (C=O) groups excluding carboxylic acids is 2. The van der Waals surface area contributed by atoms with Gasteiger partial charge in [-0.05, 0) is 20.8 Å². The number of esters is 1. The van der Waals surface area contributed by atoms with Crippen LogP contribution in [0.1, 0.15) is 34.1 Å². The number of carbonyl (C=O) groups is 2. The summed E-state index contributed by atoms with van der Waals surface area (Å²) in [5.74, 6) is 0.0128. The van der Waals surface area contributed by atoms with Gasteiger partial charge in [0.15, 0.2) is 5.78 Å². The lowest BCUT2D eigenvalue weighted by atomic mass is 10.2. The van der Waals surface area contributed by atoms with Crippen molar-refractivity contribution >= 4 is 11.8 Å². The standard InChI is InChI=1S/C9H14O3/c1-5-9(11)12-8(4)6(2)7(3)10/h5H2,1-4H3/b8-6-. The fourth-order valence-electron chi connectivity index (χ4n) is 0.567. The van der Waals surface area contributed by atoms with Crippen LogP contribution in [0.4, 0.5) is 0 Å². The van der Waals surface area contributed by atoms with E-state index in [0.29, 0.717) is 17.8 Å². The third-order valence-electron chi connectivity index (χ3n) is 1.61. The van der Waals surface area contributed by atoms with Crippen LogP contribution in [-0.2, 0) is 14.3 Å². The van der Waals surface area contributed by atoms with Gasteiger partial charge in [0.1, 0.15) is 5.76 Å². The third-order valence-corrected chi connectivity index (χ3v) is 1.61. The Labute approximate surface area is 72.4 Å². The van der Waals surface area contributed by atoms with Crippen molar-refractivity contribution in [1.29, 1.82) is 0 Å². The summed E-state index contributed by atoms with van der Waals surface area (Å²) in [7, 11) is 0. The van der Waals surface area contributed by atoms with Crippen molar-refractivity contribution in [3.8, 4) is 0 Å². The van der Waals surface area contributed by atoms with Gasteiger partial charge in [-0.3, -0.25) is 9.59 Å². The topological polar surface area (TPSA) is 43.4 Å². The molecule has 0 amide bonds. The molecule has 0 heterocycles. The van der Waals surface area contributed by atoms with Gasteiger partial charge in [0.25, 0.3) is 0 Å². The molecule has 3 heteroatoms. The highest BCUT2D eigenvalue weighted by Gasteiger charge is 2.06. The number of rotatable bonds is 3. The van der Waals surface area contributed by atoms with E-state index >= 15 is 0 Å². The maximum Gasteiger partial charge on any atom is 0.310 e. The monoisotopic (exact) mass is 170 g/mol. The molecule has 0 atom stereocenters. The van der Waals surface area contributed by atoms with Gasteiger partial charge in [-0.25, -0.2) is 0 Å². The first-order chi connectivity index (χ1) is 5.49. The number of Topliss-reactive ketones (excluding diaryl/α,β-unsaturated/α-hetero) is 1. The second kappa shape index (κ2) is 4.70. The SMILES string of the molecule is CCC(=O)O/C(C)=C(/C)C(C)=O. The molecule has 0 saturated heterocycles. The minimum absolute atomic E-state index is 0.0728. The van der Waals surface area contributed by atoms with Crippen molar-refractivity contribution in [2.45, 2.75) is 34.1 Å². The van der Waals surface area contributed by atoms with Gasteiger partial charge in [-0.2, -0.15) is 0 Å². The Kier molecular flexibility index (Phi) is 4.26. The minimum atomic E-state index is -0.312. The highest BCUT2D eigenvalue weighted by molar-refractivity contribution is 5.93. The van der Waals surface area contributed by atoms with Gasteiger partial charge >= 0.3 is 5.97 Å². The van der Waals surface area contributed by atoms with E-state index in [2.05, 4.69) is 0 Å². The molecule has 0 N–H and O–H groups in total. The average molecular weight is 170 g/mol. The molecule has 0 fully saturated rings. The first kappa shape index (κ1) is 10.9. The quantitative estimate of drug-likeness (QED) is 0.368. The Morgan fingerprint density at radius 3 is 2.00 bits per heavy atom. The fourth-order valence-corrected chi connectivity index (χ4v) is 0.567. The van der Waals surface area contributed by atoms with Crippen LogP contribution in [0.5, 0.6) is 0 Å². The predicted molar refractivity (Wildman–Crippen MR) is 45.4 cm³/mol. The zero-order chi connectivity index (χ0) is 9.72. The molecule has 0 aromatic carbocycles. The van der Waals surface area contributed by atoms with Crippen LogP contribution in [0, 0.1) is 0 Å². The molecule has 0 saturated carbocycles. The van der Waals surface area contributed by atoms with E-state index in [9.17, 15) is 9.59 Å². The van der Waals surface area contributed by atoms with Gasteiger partial charge < -0.3 is 4.74 Å². The van der Waals surface area contributed by atoms with E-state index in [1.807, 2.05) is 0 Å². The lowest BCUT2D eigenvalue weighted by Crippen LogP contribution is -2.05. The molecular weight excluding hydrogens is 156 g/mol. The molecule has 0 aliphatic carbocycles. The molecular formula is C9H14O3. The highest BCUT2D eigenvalue weighted by atomic mass is 16.5. The Morgan fingerprint density at radius 1 is 1.17 bits per heavy atom. The second-order valence-corrected chi connectivity index (χ2v) is 2.56. The Morgan fingerprint density at radius 2 is 1.67 bits per heavy atom. The van der Waals surface area contributed by atoms with E-state index < -0.39 is 0 Å². The number of ketones is 1. The van der Waals surface area contributed by atoms with Gasteiger partial charge in [-0.1, -0.05) is 6.92 Å². The normalized spacial score (nSPS) is 12.0. The first-order valence-electron chi connectivity index (χ1n) is 3.88. The van der Waals surface area contributed by atoms with E-state index in [-0.39, 0.29) is 11.8 Å². The molecule has 0 bridgehead atoms. The minimum Gasteiger partial charge on any atom is -0.431 e. The zero-order valence-electron chi connectivity index (χ0n) is 7.93. The lowest BCUT2D eigenvalue weighted by molar-refractivity contribution is -0.139. The Bertz CT molecular complexity index is 226. The van der Waals surface area contributed by atoms with Crippen LogP contribution in [0.2, 0.25) is 0 Å². The Hall–Kier alpha value is -1.12. The lowest BCUT2D eigenvalue weighted by Gasteiger charge is -2.04. The van der Waals surface area contributed by atoms with Crippen molar-refractivity contribution in [1.82, 2.24) is 0 Å². The molecule has 0 aliphatic heterocycles. The molecule has 12 heavy (non-hydrogen) atoms. The molecule has 3 nitrogen and oxygen atoms in total. The molecule has 0 radical (unpaired) electrons. The molecule has 68 valence electrons. The number of allylic oxidation sites excluding steroid dienone is 2. The van der Waals surface area contributed by atoms with Gasteiger partial charge in [0.05, 0.1) is 0 Å². The predicted octanol–water partition coefficient (Wildman–Crippen LogP) is 1.82. The van der Waals surface area contributed by atoms with Crippen molar-refractivity contribution in [2.75, 3.05) is 0 Å². The van der Waals surface area contributed by atoms with E-state index in [4.69, 9.17) is 4.74 Å². The summed E-state index contributed by atoms with van der Waals surface area (Å²) in [4.78, 5) is 21.6. The summed E-state index contributed by atoms with van der Waals surface area (Å²) in [6, 6.07) is 0. The summed E-state index contributed by atoms with van der Waals surface area (Å²) in [6.07, 6.45) is 0.322. The van der Waals surface area contributed by atoms with Crippen molar-refractivity contribution in [3.05, 3.63) is 11.3 Å². The molecule has 0 rings (SSSR count). The summed E-state index contributed by atoms with van der Waals surface area (Å²) >= 11 is 0. The average Bonchev–Trinajstić information content (AvgIpc) is 2.02. The van der Waals surface area contributed by atoms with E-state index in [1.54, 1.807) is 20.8 Å². The third kappa shape index (κ3) is 3.32. The van der Waals surface area contributed by atoms with Crippen LogP contribution in [-0.4, -0.2) is 11.8 Å². The van der Waals surface area contributed by atoms with Crippen LogP contribution in [0.25, 0.3) is 0 Å². The van der Waals surface area contributed by atoms with Crippen LogP contribution in [0.3, 0.4) is 0 Å². The van der Waals surface area contributed by atoms with Crippen LogP contribution >= 0.6 is 0 Å². The summed E-state index contributed by atoms with van der Waals surface area (Å²) in [6.45, 7) is 6.40. The van der Waals surface area contributed by atoms with E-state index in [0.717, 1.165) is 0 Å². The zero-order valence-corrected chi connectivity index (χ0v) is 7.93. The molecule has 0 aromatic rings. The van der Waals surface area contributed by atoms with Crippen molar-refractivity contribution in [2.24, 2.45) is 0 Å². The summed E-state index contributed by atoms with van der Waals surface area (Å²) in [5, 5.41) is 0. The Balaban J connectivity index is 4.37. The number of hydrogen-bond acceptors (Lipinski definition) is 3. The molecule has 0 aliphatic rings. The van der Waals surface area contributed by atoms with E-state index in [1.165, 1.54) is 6.92 Å². The molecule has 0 spiro atoms. The summed E-state index contributed by atoms with van der Waals surface area (Å²) < 4.78 is 4.84. The highest BCUT2D eigenvalue weighted by Crippen LogP contribution is 2.06. The maximum absolute atomic E-state index is 10.8. The van der Waals surface area contributed by atoms with Gasteiger partial charge in [-0.15, -0.1) is 0 Å². The van der Waals surface area contributed by atoms with Crippen LogP contribution < -0.4 is 0 Å². The second-order valence-electron chi connectivity index (χ2n) is 2.56. The number of hydrogen-bond donors (Lipinski definition) is 0. The van der Waals surface area contributed by atoms with Crippen LogP contribution in [0.15, 0.2) is 11.3 Å². The van der Waals surface area contributed by atoms with Gasteiger partial charge in [0, 0.05) is 12.0 Å².